The number of esters is 1. The summed E-state index contributed by atoms with van der Waals surface area (Å²) in [5, 5.41) is 7.76. The first-order chi connectivity index (χ1) is 17.8. The molecule has 0 unspecified atom stereocenters. The average Bonchev–Trinajstić information content (AvgIpc) is 3.67. The molecular weight excluding hydrogens is 468 g/mol. The Hall–Kier alpha value is -4.11. The summed E-state index contributed by atoms with van der Waals surface area (Å²) in [6.45, 7) is 3.89. The maximum Gasteiger partial charge on any atom is 0.316 e. The molecule has 0 aliphatic heterocycles. The van der Waals surface area contributed by atoms with Crippen molar-refractivity contribution in [2.24, 2.45) is 7.05 Å². The van der Waals surface area contributed by atoms with Crippen molar-refractivity contribution in [2.45, 2.75) is 37.7 Å². The van der Waals surface area contributed by atoms with Gasteiger partial charge in [-0.25, -0.2) is 4.98 Å². The topological polar surface area (TPSA) is 104 Å². The molecule has 0 atom stereocenters. The van der Waals surface area contributed by atoms with Gasteiger partial charge in [0.2, 0.25) is 0 Å². The van der Waals surface area contributed by atoms with E-state index in [9.17, 15) is 4.79 Å². The number of carbonyl (C=O) groups is 1. The van der Waals surface area contributed by atoms with Gasteiger partial charge < -0.3 is 14.8 Å². The fraction of sp³-hybridized carbons (Fsp3) is 0.321. The Morgan fingerprint density at radius 2 is 1.73 bits per heavy atom. The predicted octanol–water partition coefficient (Wildman–Crippen LogP) is 4.77. The highest BCUT2D eigenvalue weighted by Gasteiger charge is 2.52. The lowest BCUT2D eigenvalue weighted by Crippen LogP contribution is -2.21. The molecule has 5 rings (SSSR count). The number of methoxy groups -OCH3 is 2. The predicted molar refractivity (Wildman–Crippen MR) is 140 cm³/mol. The van der Waals surface area contributed by atoms with Crippen molar-refractivity contribution in [2.75, 3.05) is 19.5 Å². The molecule has 0 radical (unpaired) electrons. The maximum atomic E-state index is 12.2. The molecular formula is C28H30N6O3. The smallest absolute Gasteiger partial charge is 0.316 e. The Kier molecular flexibility index (Phi) is 6.25. The van der Waals surface area contributed by atoms with E-state index in [1.807, 2.05) is 63.5 Å². The zero-order valence-electron chi connectivity index (χ0n) is 21.6. The first-order valence-electron chi connectivity index (χ1n) is 12.1. The number of nitrogens with zero attached hydrogens (tertiary/aromatic N) is 5. The molecule has 1 aliphatic carbocycles. The van der Waals surface area contributed by atoms with Crippen LogP contribution in [-0.4, -0.2) is 44.9 Å². The monoisotopic (exact) mass is 498 g/mol. The summed E-state index contributed by atoms with van der Waals surface area (Å²) in [6.07, 6.45) is 8.64. The van der Waals surface area contributed by atoms with Crippen molar-refractivity contribution < 1.29 is 14.3 Å². The van der Waals surface area contributed by atoms with Crippen molar-refractivity contribution in [1.29, 1.82) is 0 Å². The Bertz CT molecular complexity index is 1420. The van der Waals surface area contributed by atoms with Crippen LogP contribution in [0.15, 0.2) is 61.2 Å². The molecule has 0 saturated heterocycles. The van der Waals surface area contributed by atoms with E-state index in [1.54, 1.807) is 30.4 Å². The molecule has 0 bridgehead atoms. The first-order valence-corrected chi connectivity index (χ1v) is 12.1. The molecule has 4 aromatic rings. The average molecular weight is 499 g/mol. The minimum atomic E-state index is -0.561. The number of rotatable bonds is 8. The van der Waals surface area contributed by atoms with E-state index in [0.717, 1.165) is 52.3 Å². The van der Waals surface area contributed by atoms with Crippen LogP contribution in [0.4, 0.5) is 11.6 Å². The van der Waals surface area contributed by atoms with E-state index >= 15 is 0 Å². The van der Waals surface area contributed by atoms with Gasteiger partial charge in [0.1, 0.15) is 17.2 Å². The second kappa shape index (κ2) is 9.40. The largest absolute Gasteiger partial charge is 0.468 e. The number of ether oxygens (including phenoxy) is 2. The molecule has 1 fully saturated rings. The molecule has 1 aliphatic rings. The summed E-state index contributed by atoms with van der Waals surface area (Å²) in [7, 11) is 4.95. The molecule has 1 aromatic carbocycles. The zero-order chi connectivity index (χ0) is 26.2. The highest BCUT2D eigenvalue weighted by molar-refractivity contribution is 5.86. The normalized spacial score (nSPS) is 14.3. The number of hydrogen-bond acceptors (Lipinski definition) is 8. The maximum absolute atomic E-state index is 12.2. The summed E-state index contributed by atoms with van der Waals surface area (Å²) in [4.78, 5) is 25.9. The number of benzene rings is 1. The number of aryl methyl sites for hydroxylation is 1. The van der Waals surface area contributed by atoms with Crippen LogP contribution in [0.1, 0.15) is 37.9 Å². The van der Waals surface area contributed by atoms with E-state index in [1.165, 1.54) is 7.11 Å². The third kappa shape index (κ3) is 4.58. The van der Waals surface area contributed by atoms with Crippen LogP contribution in [0.5, 0.6) is 0 Å². The molecule has 0 spiro atoms. The van der Waals surface area contributed by atoms with Crippen LogP contribution in [0.2, 0.25) is 0 Å². The number of carbonyl (C=O) groups excluding carboxylic acids is 1. The summed E-state index contributed by atoms with van der Waals surface area (Å²) < 4.78 is 12.3. The van der Waals surface area contributed by atoms with E-state index < -0.39 is 11.0 Å². The molecule has 1 N–H and O–H groups in total. The summed E-state index contributed by atoms with van der Waals surface area (Å²) in [5.41, 5.74) is 4.32. The standard InChI is InChI=1S/C28H30N6O3/c1-27(2,37-5)23-16-29-17-24(32-23)33-25-21(15-31-34(25)3)22-11-8-19(14-30-22)18-6-9-20(10-7-18)28(12-13-28)26(35)36-4/h6-11,14-17H,12-13H2,1-5H3,(H,32,33). The van der Waals surface area contributed by atoms with E-state index in [2.05, 4.69) is 20.4 Å². The second-order valence-corrected chi connectivity index (χ2v) is 9.74. The number of pyridine rings is 1. The van der Waals surface area contributed by atoms with Crippen molar-refractivity contribution in [3.63, 3.8) is 0 Å². The Morgan fingerprint density at radius 3 is 2.35 bits per heavy atom. The van der Waals surface area contributed by atoms with Gasteiger partial charge in [-0.1, -0.05) is 30.3 Å². The van der Waals surface area contributed by atoms with Crippen molar-refractivity contribution in [3.05, 3.63) is 72.4 Å². The van der Waals surface area contributed by atoms with Gasteiger partial charge in [0, 0.05) is 25.9 Å². The second-order valence-electron chi connectivity index (χ2n) is 9.74. The molecule has 37 heavy (non-hydrogen) atoms. The highest BCUT2D eigenvalue weighted by atomic mass is 16.5. The van der Waals surface area contributed by atoms with Gasteiger partial charge in [-0.05, 0) is 43.9 Å². The van der Waals surface area contributed by atoms with Gasteiger partial charge in [-0.2, -0.15) is 5.10 Å². The fourth-order valence-corrected chi connectivity index (χ4v) is 4.35. The van der Waals surface area contributed by atoms with Crippen LogP contribution < -0.4 is 5.32 Å². The van der Waals surface area contributed by atoms with Crippen molar-refractivity contribution in [1.82, 2.24) is 24.7 Å². The lowest BCUT2D eigenvalue weighted by atomic mass is 9.94. The van der Waals surface area contributed by atoms with Crippen LogP contribution in [0.3, 0.4) is 0 Å². The Balaban J connectivity index is 1.37. The summed E-state index contributed by atoms with van der Waals surface area (Å²) in [5.74, 6) is 1.18. The van der Waals surface area contributed by atoms with Gasteiger partial charge in [0.15, 0.2) is 0 Å². The Morgan fingerprint density at radius 1 is 1.00 bits per heavy atom. The van der Waals surface area contributed by atoms with Crippen LogP contribution in [-0.2, 0) is 32.3 Å². The fourth-order valence-electron chi connectivity index (χ4n) is 4.35. The molecule has 3 aromatic heterocycles. The molecule has 0 amide bonds. The summed E-state index contributed by atoms with van der Waals surface area (Å²) in [6, 6.07) is 12.1. The van der Waals surface area contributed by atoms with Gasteiger partial charge in [0.05, 0.1) is 48.1 Å². The lowest BCUT2D eigenvalue weighted by molar-refractivity contribution is -0.143. The van der Waals surface area contributed by atoms with Crippen molar-refractivity contribution >= 4 is 17.6 Å². The third-order valence-corrected chi connectivity index (χ3v) is 7.08. The van der Waals surface area contributed by atoms with Crippen LogP contribution in [0, 0.1) is 0 Å². The van der Waals surface area contributed by atoms with Gasteiger partial charge in [-0.3, -0.25) is 19.4 Å². The molecule has 1 saturated carbocycles. The van der Waals surface area contributed by atoms with Crippen LogP contribution in [0.25, 0.3) is 22.4 Å². The van der Waals surface area contributed by atoms with E-state index in [4.69, 9.17) is 14.5 Å². The highest BCUT2D eigenvalue weighted by Crippen LogP contribution is 2.49. The molecule has 9 nitrogen and oxygen atoms in total. The molecule has 3 heterocycles. The third-order valence-electron chi connectivity index (χ3n) is 7.08. The van der Waals surface area contributed by atoms with E-state index in [-0.39, 0.29) is 5.97 Å². The van der Waals surface area contributed by atoms with E-state index in [0.29, 0.717) is 5.82 Å². The summed E-state index contributed by atoms with van der Waals surface area (Å²) >= 11 is 0. The zero-order valence-corrected chi connectivity index (χ0v) is 21.6. The first kappa shape index (κ1) is 24.6. The lowest BCUT2D eigenvalue weighted by Gasteiger charge is -2.22. The Labute approximate surface area is 215 Å². The minimum Gasteiger partial charge on any atom is -0.468 e. The number of anilines is 2. The van der Waals surface area contributed by atoms with Crippen molar-refractivity contribution in [3.8, 4) is 22.4 Å². The minimum absolute atomic E-state index is 0.160. The quantitative estimate of drug-likeness (QED) is 0.347. The number of aromatic nitrogens is 5. The van der Waals surface area contributed by atoms with Gasteiger partial charge in [-0.15, -0.1) is 0 Å². The number of hydrogen-bond donors (Lipinski definition) is 1. The van der Waals surface area contributed by atoms with Crippen LogP contribution >= 0.6 is 0 Å². The molecule has 9 heteroatoms. The molecule has 190 valence electrons. The number of nitrogens with one attached hydrogen (secondary N) is 1. The SMILES string of the molecule is COC(=O)C1(c2ccc(-c3ccc(-c4cnn(C)c4Nc4cncc(C(C)(C)OC)n4)nc3)cc2)CC1. The van der Waals surface area contributed by atoms with Gasteiger partial charge in [0.25, 0.3) is 0 Å². The van der Waals surface area contributed by atoms with Gasteiger partial charge >= 0.3 is 5.97 Å².